The van der Waals surface area contributed by atoms with Crippen molar-refractivity contribution in [2.45, 2.75) is 43.5 Å². The average Bonchev–Trinajstić information content (AvgIpc) is 2.84. The fourth-order valence-electron chi connectivity index (χ4n) is 4.20. The predicted molar refractivity (Wildman–Crippen MR) is 123 cm³/mol. The van der Waals surface area contributed by atoms with E-state index in [0.29, 0.717) is 36.7 Å². The van der Waals surface area contributed by atoms with E-state index in [-0.39, 0.29) is 6.61 Å². The Hall–Kier alpha value is -2.21. The average molecular weight is 539 g/mol. The monoisotopic (exact) mass is 538 g/mol. The van der Waals surface area contributed by atoms with Crippen molar-refractivity contribution >= 4 is 21.9 Å². The summed E-state index contributed by atoms with van der Waals surface area (Å²) in [6, 6.07) is 11.0. The van der Waals surface area contributed by atoms with Gasteiger partial charge in [-0.15, -0.1) is 0 Å². The van der Waals surface area contributed by atoms with Crippen molar-refractivity contribution in [3.8, 4) is 11.5 Å². The van der Waals surface area contributed by atoms with Crippen molar-refractivity contribution < 1.29 is 43.8 Å². The largest absolute Gasteiger partial charge is 0.486 e. The van der Waals surface area contributed by atoms with Crippen LogP contribution in [0.25, 0.3) is 0 Å². The number of methoxy groups -OCH3 is 1. The summed E-state index contributed by atoms with van der Waals surface area (Å²) >= 11 is 3.57. The number of rotatable bonds is 6. The van der Waals surface area contributed by atoms with E-state index in [1.54, 1.807) is 18.2 Å². The molecule has 1 fully saturated rings. The molecule has 1 unspecified atom stereocenters. The quantitative estimate of drug-likeness (QED) is 0.471. The van der Waals surface area contributed by atoms with Gasteiger partial charge in [-0.2, -0.15) is 0 Å². The Morgan fingerprint density at radius 2 is 1.82 bits per heavy atom. The zero-order chi connectivity index (χ0) is 24.5. The van der Waals surface area contributed by atoms with E-state index in [2.05, 4.69) is 15.9 Å². The lowest BCUT2D eigenvalue weighted by atomic mass is 9.87. The Balaban J connectivity index is 1.65. The van der Waals surface area contributed by atoms with Crippen molar-refractivity contribution in [1.82, 2.24) is 0 Å². The number of hydrogen-bond acceptors (Lipinski definition) is 9. The molecule has 9 nitrogen and oxygen atoms in total. The number of halogens is 1. The van der Waals surface area contributed by atoms with E-state index < -0.39 is 36.2 Å². The van der Waals surface area contributed by atoms with Crippen LogP contribution in [-0.4, -0.2) is 72.6 Å². The molecule has 34 heavy (non-hydrogen) atoms. The molecule has 0 spiro atoms. The van der Waals surface area contributed by atoms with Gasteiger partial charge in [0.15, 0.2) is 11.5 Å². The summed E-state index contributed by atoms with van der Waals surface area (Å²) in [7, 11) is 1.33. The fourth-order valence-corrected chi connectivity index (χ4v) is 4.58. The first-order valence-electron chi connectivity index (χ1n) is 10.8. The van der Waals surface area contributed by atoms with Gasteiger partial charge in [0.1, 0.15) is 44.2 Å². The highest BCUT2D eigenvalue weighted by atomic mass is 79.9. The van der Waals surface area contributed by atoms with Crippen molar-refractivity contribution in [3.05, 3.63) is 57.6 Å². The van der Waals surface area contributed by atoms with Crippen LogP contribution in [0.15, 0.2) is 40.9 Å². The normalized spacial score (nSPS) is 28.4. The molecule has 2 aliphatic rings. The lowest BCUT2D eigenvalue weighted by molar-refractivity contribution is -0.366. The molecule has 3 N–H and O–H groups in total. The highest BCUT2D eigenvalue weighted by molar-refractivity contribution is 9.10. The van der Waals surface area contributed by atoms with Gasteiger partial charge < -0.3 is 39.0 Å². The number of aliphatic hydroxyl groups excluding tert-OH is 3. The molecule has 2 aliphatic heterocycles. The van der Waals surface area contributed by atoms with Crippen LogP contribution < -0.4 is 9.47 Å². The van der Waals surface area contributed by atoms with E-state index in [4.69, 9.17) is 23.7 Å². The maximum Gasteiger partial charge on any atom is 0.302 e. The molecule has 10 heteroatoms. The Morgan fingerprint density at radius 3 is 2.53 bits per heavy atom. The number of esters is 1. The minimum Gasteiger partial charge on any atom is -0.486 e. The molecule has 0 aliphatic carbocycles. The van der Waals surface area contributed by atoms with E-state index in [1.165, 1.54) is 14.0 Å². The molecule has 184 valence electrons. The number of ether oxygens (including phenoxy) is 5. The highest BCUT2D eigenvalue weighted by Crippen LogP contribution is 2.41. The Labute approximate surface area is 205 Å². The molecule has 2 heterocycles. The topological polar surface area (TPSA) is 124 Å². The maximum absolute atomic E-state index is 11.3. The van der Waals surface area contributed by atoms with E-state index in [9.17, 15) is 20.1 Å². The van der Waals surface area contributed by atoms with Gasteiger partial charge in [-0.05, 0) is 41.8 Å². The lowest BCUT2D eigenvalue weighted by Gasteiger charge is -2.47. The molecule has 0 saturated carbocycles. The number of fused-ring (bicyclic) bond motifs is 1. The molecule has 5 atom stereocenters. The van der Waals surface area contributed by atoms with Gasteiger partial charge >= 0.3 is 5.97 Å². The standard InChI is InChI=1S/C24H27BrO9/c1-13(26)33-12-20-21(27)22(28)23(29)24(30-2,34-20)16-4-5-17(25)15(11-16)9-14-3-6-18-19(10-14)32-8-7-31-18/h3-6,10-11,20-23,27-29H,7-9,12H2,1-2H3/t20-,21-,22+,23-,24?/m1/s1. The van der Waals surface area contributed by atoms with Gasteiger partial charge in [-0.3, -0.25) is 4.79 Å². The summed E-state index contributed by atoms with van der Waals surface area (Å²) < 4.78 is 28.6. The number of hydrogen-bond donors (Lipinski definition) is 3. The van der Waals surface area contributed by atoms with E-state index >= 15 is 0 Å². The third-order valence-electron chi connectivity index (χ3n) is 5.97. The summed E-state index contributed by atoms with van der Waals surface area (Å²) in [6.45, 7) is 1.92. The molecular formula is C24H27BrO9. The van der Waals surface area contributed by atoms with Gasteiger partial charge in [-0.25, -0.2) is 0 Å². The van der Waals surface area contributed by atoms with Crippen LogP contribution in [0.3, 0.4) is 0 Å². The molecular weight excluding hydrogens is 512 g/mol. The Morgan fingerprint density at radius 1 is 1.09 bits per heavy atom. The van der Waals surface area contributed by atoms with Gasteiger partial charge in [0.25, 0.3) is 0 Å². The second-order valence-electron chi connectivity index (χ2n) is 8.22. The summed E-state index contributed by atoms with van der Waals surface area (Å²) in [5, 5.41) is 31.8. The second kappa shape index (κ2) is 10.2. The minimum atomic E-state index is -1.80. The van der Waals surface area contributed by atoms with Gasteiger partial charge in [0, 0.05) is 24.1 Å². The van der Waals surface area contributed by atoms with E-state index in [0.717, 1.165) is 15.6 Å². The van der Waals surface area contributed by atoms with Crippen molar-refractivity contribution in [2.24, 2.45) is 0 Å². The van der Waals surface area contributed by atoms with Crippen molar-refractivity contribution in [1.29, 1.82) is 0 Å². The number of carbonyl (C=O) groups excluding carboxylic acids is 1. The van der Waals surface area contributed by atoms with Crippen LogP contribution in [0.2, 0.25) is 0 Å². The molecule has 0 amide bonds. The second-order valence-corrected chi connectivity index (χ2v) is 9.07. The van der Waals surface area contributed by atoms with Crippen LogP contribution in [0.4, 0.5) is 0 Å². The maximum atomic E-state index is 11.3. The first-order valence-corrected chi connectivity index (χ1v) is 11.6. The minimum absolute atomic E-state index is 0.314. The summed E-state index contributed by atoms with van der Waals surface area (Å²) in [4.78, 5) is 11.3. The lowest BCUT2D eigenvalue weighted by Crippen LogP contribution is -2.64. The van der Waals surface area contributed by atoms with Crippen molar-refractivity contribution in [2.75, 3.05) is 26.9 Å². The number of benzene rings is 2. The van der Waals surface area contributed by atoms with Crippen LogP contribution in [0.5, 0.6) is 11.5 Å². The summed E-state index contributed by atoms with van der Waals surface area (Å²) in [5.41, 5.74) is 2.26. The smallest absolute Gasteiger partial charge is 0.302 e. The fraction of sp³-hybridized carbons (Fsp3) is 0.458. The summed E-state index contributed by atoms with van der Waals surface area (Å²) in [5.74, 6) is -0.983. The first-order chi connectivity index (χ1) is 16.2. The van der Waals surface area contributed by atoms with Gasteiger partial charge in [0.05, 0.1) is 0 Å². The molecule has 1 saturated heterocycles. The number of aliphatic hydroxyl groups is 3. The molecule has 0 radical (unpaired) electrons. The van der Waals surface area contributed by atoms with Gasteiger partial charge in [0.2, 0.25) is 5.79 Å². The zero-order valence-electron chi connectivity index (χ0n) is 18.8. The predicted octanol–water partition coefficient (Wildman–Crippen LogP) is 1.65. The van der Waals surface area contributed by atoms with Crippen LogP contribution in [0, 0.1) is 0 Å². The van der Waals surface area contributed by atoms with Crippen molar-refractivity contribution in [3.63, 3.8) is 0 Å². The van der Waals surface area contributed by atoms with Gasteiger partial charge in [-0.1, -0.05) is 28.1 Å². The van der Waals surface area contributed by atoms with E-state index in [1.807, 2.05) is 18.2 Å². The Bertz CT molecular complexity index is 1050. The first kappa shape index (κ1) is 24.9. The third-order valence-corrected chi connectivity index (χ3v) is 6.75. The zero-order valence-corrected chi connectivity index (χ0v) is 20.4. The van der Waals surface area contributed by atoms with Crippen LogP contribution in [-0.2, 0) is 31.2 Å². The molecule has 2 aromatic carbocycles. The SMILES string of the molecule is COC1(c2ccc(Br)c(Cc3ccc4c(c3)OCCO4)c2)O[C@H](COC(C)=O)[C@@H](O)[C@H](O)[C@H]1O. The van der Waals surface area contributed by atoms with Crippen LogP contribution >= 0.6 is 15.9 Å². The molecule has 2 aromatic rings. The summed E-state index contributed by atoms with van der Waals surface area (Å²) in [6.07, 6.45) is -5.29. The molecule has 0 aromatic heterocycles. The molecule has 4 rings (SSSR count). The third kappa shape index (κ3) is 4.79. The van der Waals surface area contributed by atoms with Crippen LogP contribution in [0.1, 0.15) is 23.6 Å². The Kier molecular flexibility index (Phi) is 7.46. The highest BCUT2D eigenvalue weighted by Gasteiger charge is 2.55. The molecule has 0 bridgehead atoms. The number of carbonyl (C=O) groups is 1.